The van der Waals surface area contributed by atoms with E-state index in [0.717, 1.165) is 20.8 Å². The van der Waals surface area contributed by atoms with Gasteiger partial charge in [-0.05, 0) is 11.1 Å². The molecule has 16 heteroatoms. The summed E-state index contributed by atoms with van der Waals surface area (Å²) < 4.78 is 32.3. The van der Waals surface area contributed by atoms with Gasteiger partial charge in [0.1, 0.15) is 31.0 Å². The minimum atomic E-state index is -1.62. The van der Waals surface area contributed by atoms with Gasteiger partial charge in [0.25, 0.3) is 0 Å². The molecule has 16 nitrogen and oxygen atoms in total. The number of azide groups is 2. The zero-order valence-electron chi connectivity index (χ0n) is 18.0. The van der Waals surface area contributed by atoms with Gasteiger partial charge in [0.2, 0.25) is 0 Å². The fourth-order valence-electron chi connectivity index (χ4n) is 3.45. The van der Waals surface area contributed by atoms with Crippen molar-refractivity contribution in [3.05, 3.63) is 20.9 Å². The molecule has 1 N–H and O–H groups in total. The molecule has 2 fully saturated rings. The Labute approximate surface area is 187 Å². The van der Waals surface area contributed by atoms with Crippen LogP contribution in [-0.4, -0.2) is 85.3 Å². The normalized spacial score (nSPS) is 33.2. The molecule has 0 aliphatic carbocycles. The van der Waals surface area contributed by atoms with Crippen LogP contribution >= 0.6 is 0 Å². The van der Waals surface area contributed by atoms with Gasteiger partial charge in [-0.3, -0.25) is 14.4 Å². The Hall–Kier alpha value is -3.13. The van der Waals surface area contributed by atoms with Crippen LogP contribution in [-0.2, 0) is 42.8 Å². The molecule has 182 valence electrons. The third-order valence-electron chi connectivity index (χ3n) is 4.66. The van der Waals surface area contributed by atoms with Crippen molar-refractivity contribution in [2.24, 2.45) is 10.2 Å². The Morgan fingerprint density at radius 3 is 2.30 bits per heavy atom. The van der Waals surface area contributed by atoms with E-state index >= 15 is 0 Å². The lowest BCUT2D eigenvalue weighted by atomic mass is 10.00. The molecular formula is C17H24N6O10. The molecule has 0 spiro atoms. The SMILES string of the molecule is CC(=O)OCC1OC(O)C(OC(C)=O)C1OC1OC(CN=[N+]=[N-])CC(OC(C)=O)C1N=[N+]=[N-]. The summed E-state index contributed by atoms with van der Waals surface area (Å²) in [6, 6.07) is -1.19. The number of hydrogen-bond acceptors (Lipinski definition) is 12. The van der Waals surface area contributed by atoms with E-state index in [1.165, 1.54) is 0 Å². The average Bonchev–Trinajstić information content (AvgIpc) is 3.01. The van der Waals surface area contributed by atoms with Gasteiger partial charge < -0.3 is 33.5 Å². The smallest absolute Gasteiger partial charge is 0.303 e. The first-order valence-electron chi connectivity index (χ1n) is 9.83. The van der Waals surface area contributed by atoms with E-state index in [1.54, 1.807) is 0 Å². The highest BCUT2D eigenvalue weighted by Crippen LogP contribution is 2.33. The second-order valence-corrected chi connectivity index (χ2v) is 7.16. The van der Waals surface area contributed by atoms with Gasteiger partial charge >= 0.3 is 17.9 Å². The molecule has 33 heavy (non-hydrogen) atoms. The van der Waals surface area contributed by atoms with Crippen molar-refractivity contribution >= 4 is 17.9 Å². The summed E-state index contributed by atoms with van der Waals surface area (Å²) in [5, 5.41) is 17.3. The van der Waals surface area contributed by atoms with Crippen molar-refractivity contribution in [3.8, 4) is 0 Å². The molecule has 8 unspecified atom stereocenters. The minimum absolute atomic E-state index is 0.0379. The van der Waals surface area contributed by atoms with Gasteiger partial charge in [-0.2, -0.15) is 0 Å². The van der Waals surface area contributed by atoms with Gasteiger partial charge in [0.15, 0.2) is 18.7 Å². The van der Waals surface area contributed by atoms with E-state index < -0.39 is 67.0 Å². The summed E-state index contributed by atoms with van der Waals surface area (Å²) in [7, 11) is 0. The van der Waals surface area contributed by atoms with Crippen molar-refractivity contribution < 1.29 is 47.9 Å². The number of aliphatic hydroxyl groups excluding tert-OH is 1. The highest BCUT2D eigenvalue weighted by molar-refractivity contribution is 5.67. The largest absolute Gasteiger partial charge is 0.463 e. The third kappa shape index (κ3) is 7.46. The third-order valence-corrected chi connectivity index (χ3v) is 4.66. The topological polar surface area (TPSA) is 224 Å². The summed E-state index contributed by atoms with van der Waals surface area (Å²) >= 11 is 0. The number of aliphatic hydroxyl groups is 1. The number of carbonyl (C=O) groups is 3. The number of carbonyl (C=O) groups excluding carboxylic acids is 3. The van der Waals surface area contributed by atoms with Crippen molar-refractivity contribution in [2.75, 3.05) is 13.2 Å². The van der Waals surface area contributed by atoms with Crippen LogP contribution in [0.5, 0.6) is 0 Å². The van der Waals surface area contributed by atoms with Crippen LogP contribution in [0.25, 0.3) is 20.9 Å². The number of nitrogens with zero attached hydrogens (tertiary/aromatic N) is 6. The Morgan fingerprint density at radius 1 is 1.03 bits per heavy atom. The Balaban J connectivity index is 2.35. The van der Waals surface area contributed by atoms with Gasteiger partial charge in [-0.15, -0.1) is 0 Å². The lowest BCUT2D eigenvalue weighted by molar-refractivity contribution is -0.258. The van der Waals surface area contributed by atoms with E-state index in [0.29, 0.717) is 0 Å². The van der Waals surface area contributed by atoms with Crippen LogP contribution in [0.3, 0.4) is 0 Å². The maximum absolute atomic E-state index is 11.6. The van der Waals surface area contributed by atoms with Gasteiger partial charge in [-0.1, -0.05) is 10.2 Å². The minimum Gasteiger partial charge on any atom is -0.463 e. The molecular weight excluding hydrogens is 448 g/mol. The Kier molecular flexibility index (Phi) is 9.66. The predicted molar refractivity (Wildman–Crippen MR) is 104 cm³/mol. The van der Waals surface area contributed by atoms with E-state index in [9.17, 15) is 19.5 Å². The zero-order chi connectivity index (χ0) is 24.5. The fraction of sp³-hybridized carbons (Fsp3) is 0.824. The first kappa shape index (κ1) is 26.1. The molecule has 0 radical (unpaired) electrons. The number of esters is 3. The van der Waals surface area contributed by atoms with Gasteiger partial charge in [-0.25, -0.2) is 0 Å². The van der Waals surface area contributed by atoms with Crippen LogP contribution < -0.4 is 0 Å². The molecule has 0 aromatic rings. The standard InChI is InChI=1S/C17H24N6O10/c1-7(24)28-6-12-14(15(16(27)32-12)30-9(3)26)33-17-13(21-23-19)11(29-8(2)25)4-10(31-17)5-20-22-18/h10-17,27H,4-6H2,1-3H3. The van der Waals surface area contributed by atoms with Crippen molar-refractivity contribution in [1.29, 1.82) is 0 Å². The molecule has 0 saturated carbocycles. The van der Waals surface area contributed by atoms with Crippen LogP contribution in [0.1, 0.15) is 27.2 Å². The second-order valence-electron chi connectivity index (χ2n) is 7.16. The maximum Gasteiger partial charge on any atom is 0.303 e. The summed E-state index contributed by atoms with van der Waals surface area (Å²) in [5.41, 5.74) is 17.6. The van der Waals surface area contributed by atoms with Gasteiger partial charge in [0.05, 0.1) is 12.6 Å². The molecule has 2 aliphatic heterocycles. The molecule has 2 heterocycles. The van der Waals surface area contributed by atoms with E-state index in [2.05, 4.69) is 20.1 Å². The van der Waals surface area contributed by atoms with Crippen molar-refractivity contribution in [3.63, 3.8) is 0 Å². The molecule has 2 saturated heterocycles. The molecule has 0 aromatic carbocycles. The van der Waals surface area contributed by atoms with Crippen LogP contribution in [0.15, 0.2) is 10.2 Å². The Morgan fingerprint density at radius 2 is 1.73 bits per heavy atom. The molecule has 0 bridgehead atoms. The van der Waals surface area contributed by atoms with E-state index in [1.807, 2.05) is 0 Å². The molecule has 2 rings (SSSR count). The molecule has 0 aromatic heterocycles. The summed E-state index contributed by atoms with van der Waals surface area (Å²) in [5.74, 6) is -2.04. The van der Waals surface area contributed by atoms with Crippen molar-refractivity contribution in [2.45, 2.75) is 76.3 Å². The molecule has 0 amide bonds. The fourth-order valence-corrected chi connectivity index (χ4v) is 3.45. The highest BCUT2D eigenvalue weighted by atomic mass is 16.7. The summed E-state index contributed by atoms with van der Waals surface area (Å²) in [6.45, 7) is 2.93. The second kappa shape index (κ2) is 12.2. The quantitative estimate of drug-likeness (QED) is 0.162. The Bertz CT molecular complexity index is 829. The first-order valence-corrected chi connectivity index (χ1v) is 9.83. The van der Waals surface area contributed by atoms with Crippen LogP contribution in [0.4, 0.5) is 0 Å². The highest BCUT2D eigenvalue weighted by Gasteiger charge is 2.51. The number of hydrogen-bond donors (Lipinski definition) is 1. The zero-order valence-corrected chi connectivity index (χ0v) is 18.0. The number of ether oxygens (including phenoxy) is 6. The lowest BCUT2D eigenvalue weighted by Gasteiger charge is -2.40. The summed E-state index contributed by atoms with van der Waals surface area (Å²) in [6.07, 6.45) is -8.43. The van der Waals surface area contributed by atoms with E-state index in [4.69, 9.17) is 39.5 Å². The maximum atomic E-state index is 11.6. The predicted octanol–water partition coefficient (Wildman–Crippen LogP) is 0.620. The van der Waals surface area contributed by atoms with Crippen molar-refractivity contribution in [1.82, 2.24) is 0 Å². The monoisotopic (exact) mass is 472 g/mol. The van der Waals surface area contributed by atoms with Gasteiger partial charge in [0, 0.05) is 37.0 Å². The molecule has 2 aliphatic rings. The average molecular weight is 472 g/mol. The van der Waals surface area contributed by atoms with Crippen LogP contribution in [0.2, 0.25) is 0 Å². The number of rotatable bonds is 9. The first-order chi connectivity index (χ1) is 15.7. The summed E-state index contributed by atoms with van der Waals surface area (Å²) in [4.78, 5) is 39.7. The van der Waals surface area contributed by atoms with E-state index in [-0.39, 0.29) is 19.6 Å². The molecule has 8 atom stereocenters. The van der Waals surface area contributed by atoms with Crippen LogP contribution in [0, 0.1) is 0 Å². The lowest BCUT2D eigenvalue weighted by Crippen LogP contribution is -2.54.